The van der Waals surface area contributed by atoms with Crippen LogP contribution in [0, 0.1) is 5.82 Å². The third kappa shape index (κ3) is 5.13. The number of amides is 2. The summed E-state index contributed by atoms with van der Waals surface area (Å²) in [4.78, 5) is 37.7. The van der Waals surface area contributed by atoms with Gasteiger partial charge in [-0.05, 0) is 42.3 Å². The molecule has 1 unspecified atom stereocenters. The van der Waals surface area contributed by atoms with E-state index in [1.165, 1.54) is 12.1 Å². The van der Waals surface area contributed by atoms with Crippen LogP contribution in [-0.2, 0) is 23.2 Å². The van der Waals surface area contributed by atoms with Gasteiger partial charge < -0.3 is 15.1 Å². The van der Waals surface area contributed by atoms with Gasteiger partial charge in [0.25, 0.3) is 5.91 Å². The van der Waals surface area contributed by atoms with Crippen molar-refractivity contribution < 1.29 is 14.0 Å². The van der Waals surface area contributed by atoms with E-state index in [-0.39, 0.29) is 41.7 Å². The molecule has 6 rings (SSSR count). The van der Waals surface area contributed by atoms with Crippen LogP contribution in [0.2, 0.25) is 0 Å². The molecular weight excluding hydrogens is 505 g/mol. The summed E-state index contributed by atoms with van der Waals surface area (Å²) in [5, 5.41) is 3.54. The monoisotopic (exact) mass is 541 g/mol. The fraction of sp³-hybridized carbons (Fsp3) is 0.406. The van der Waals surface area contributed by atoms with Gasteiger partial charge in [0.1, 0.15) is 5.82 Å². The summed E-state index contributed by atoms with van der Waals surface area (Å²) in [7, 11) is 0. The number of nitrogens with one attached hydrogen (secondary N) is 1. The zero-order valence-electron chi connectivity index (χ0n) is 23.4. The summed E-state index contributed by atoms with van der Waals surface area (Å²) in [6, 6.07) is 16.6. The molecule has 0 radical (unpaired) electrons. The highest BCUT2D eigenvalue weighted by Crippen LogP contribution is 2.40. The Balaban J connectivity index is 1.19. The van der Waals surface area contributed by atoms with Gasteiger partial charge in [0, 0.05) is 79.7 Å². The minimum Gasteiger partial charge on any atom is -0.333 e. The molecule has 0 spiro atoms. The van der Waals surface area contributed by atoms with Gasteiger partial charge in [0.2, 0.25) is 5.91 Å². The summed E-state index contributed by atoms with van der Waals surface area (Å²) < 4.78 is 13.4. The molecule has 208 valence electrons. The standard InChI is InChI=1S/C32H36FN5O2/c1-21-16-36(26(14-34-21)18-37-17-23-6-4-5-7-27(23)31(37)40)19-30(39)38-20-32(2,3)28-15-35-25(13-29(28)38)12-22-8-10-24(33)11-9-22/h4-11,13,15,21,26,34H,12,14,16-20H2,1-3H3/t21?,26-/m1/s1. The SMILES string of the molecule is CC1CN(CC(=O)N2CC(C)(C)c3cnc(Cc4ccc(F)cc4)cc32)[C@@H](CN2Cc3ccccc3C2=O)CN1. The fourth-order valence-corrected chi connectivity index (χ4v) is 6.31. The van der Waals surface area contributed by atoms with Crippen molar-refractivity contribution in [2.75, 3.05) is 37.6 Å². The first-order valence-electron chi connectivity index (χ1n) is 14.1. The minimum absolute atomic E-state index is 0.0416. The maximum atomic E-state index is 13.9. The van der Waals surface area contributed by atoms with Crippen molar-refractivity contribution in [2.24, 2.45) is 0 Å². The average molecular weight is 542 g/mol. The third-order valence-corrected chi connectivity index (χ3v) is 8.50. The van der Waals surface area contributed by atoms with Crippen molar-refractivity contribution in [3.8, 4) is 0 Å². The first-order valence-corrected chi connectivity index (χ1v) is 14.1. The van der Waals surface area contributed by atoms with Crippen molar-refractivity contribution in [1.82, 2.24) is 20.1 Å². The van der Waals surface area contributed by atoms with Gasteiger partial charge in [-0.3, -0.25) is 19.5 Å². The van der Waals surface area contributed by atoms with E-state index >= 15 is 0 Å². The highest BCUT2D eigenvalue weighted by molar-refractivity contribution is 5.98. The Morgan fingerprint density at radius 2 is 1.93 bits per heavy atom. The molecule has 3 aliphatic heterocycles. The van der Waals surface area contributed by atoms with Gasteiger partial charge in [-0.25, -0.2) is 4.39 Å². The van der Waals surface area contributed by atoms with Gasteiger partial charge in [0.05, 0.1) is 12.2 Å². The summed E-state index contributed by atoms with van der Waals surface area (Å²) in [5.74, 6) is -0.138. The predicted octanol–water partition coefficient (Wildman–Crippen LogP) is 3.75. The van der Waals surface area contributed by atoms with E-state index < -0.39 is 0 Å². The van der Waals surface area contributed by atoms with Crippen molar-refractivity contribution >= 4 is 17.5 Å². The normalized spacial score (nSPS) is 21.9. The molecule has 1 N–H and O–H groups in total. The first-order chi connectivity index (χ1) is 19.2. The summed E-state index contributed by atoms with van der Waals surface area (Å²) in [6.07, 6.45) is 2.47. The number of aromatic nitrogens is 1. The smallest absolute Gasteiger partial charge is 0.254 e. The number of fused-ring (bicyclic) bond motifs is 2. The zero-order chi connectivity index (χ0) is 28.0. The van der Waals surface area contributed by atoms with Crippen LogP contribution >= 0.6 is 0 Å². The molecule has 1 aromatic heterocycles. The molecule has 2 aromatic carbocycles. The number of benzene rings is 2. The van der Waals surface area contributed by atoms with Crippen molar-refractivity contribution in [3.05, 3.63) is 94.6 Å². The van der Waals surface area contributed by atoms with Crippen molar-refractivity contribution in [3.63, 3.8) is 0 Å². The van der Waals surface area contributed by atoms with Crippen molar-refractivity contribution in [2.45, 2.75) is 51.2 Å². The number of carbonyl (C=O) groups excluding carboxylic acids is 2. The van der Waals surface area contributed by atoms with Crippen molar-refractivity contribution in [1.29, 1.82) is 0 Å². The highest BCUT2D eigenvalue weighted by atomic mass is 19.1. The number of hydrogen-bond donors (Lipinski definition) is 1. The Morgan fingerprint density at radius 1 is 1.15 bits per heavy atom. The molecule has 0 bridgehead atoms. The number of hydrogen-bond acceptors (Lipinski definition) is 5. The Labute approximate surface area is 235 Å². The minimum atomic E-state index is -0.261. The quantitative estimate of drug-likeness (QED) is 0.515. The van der Waals surface area contributed by atoms with Crippen LogP contribution in [-0.4, -0.2) is 71.4 Å². The van der Waals surface area contributed by atoms with Crippen LogP contribution in [0.1, 0.15) is 53.5 Å². The molecule has 0 aliphatic carbocycles. The fourth-order valence-electron chi connectivity index (χ4n) is 6.31. The van der Waals surface area contributed by atoms with Gasteiger partial charge >= 0.3 is 0 Å². The Kier molecular flexibility index (Phi) is 6.92. The molecule has 0 saturated carbocycles. The Hall–Kier alpha value is -3.62. The molecule has 1 fully saturated rings. The van der Waals surface area contributed by atoms with E-state index in [0.717, 1.165) is 46.7 Å². The molecular formula is C32H36FN5O2. The lowest BCUT2D eigenvalue weighted by Crippen LogP contribution is -2.60. The van der Waals surface area contributed by atoms with Gasteiger partial charge in [-0.1, -0.05) is 44.2 Å². The lowest BCUT2D eigenvalue weighted by atomic mass is 9.88. The topological polar surface area (TPSA) is 68.8 Å². The van der Waals surface area contributed by atoms with E-state index in [9.17, 15) is 14.0 Å². The maximum Gasteiger partial charge on any atom is 0.254 e. The number of pyridine rings is 1. The maximum absolute atomic E-state index is 13.9. The molecule has 8 heteroatoms. The number of rotatable bonds is 6. The summed E-state index contributed by atoms with van der Waals surface area (Å²) in [6.45, 7) is 9.95. The molecule has 7 nitrogen and oxygen atoms in total. The largest absolute Gasteiger partial charge is 0.333 e. The van der Waals surface area contributed by atoms with Gasteiger partial charge in [-0.2, -0.15) is 0 Å². The van der Waals surface area contributed by atoms with Crippen LogP contribution in [0.3, 0.4) is 0 Å². The molecule has 40 heavy (non-hydrogen) atoms. The zero-order valence-corrected chi connectivity index (χ0v) is 23.4. The second-order valence-corrected chi connectivity index (χ2v) is 12.1. The number of nitrogens with zero attached hydrogens (tertiary/aromatic N) is 4. The highest BCUT2D eigenvalue weighted by Gasteiger charge is 2.40. The third-order valence-electron chi connectivity index (χ3n) is 8.50. The second-order valence-electron chi connectivity index (χ2n) is 12.1. The van der Waals surface area contributed by atoms with Gasteiger partial charge in [0.15, 0.2) is 0 Å². The van der Waals surface area contributed by atoms with E-state index in [1.807, 2.05) is 46.3 Å². The van der Waals surface area contributed by atoms with E-state index in [0.29, 0.717) is 26.1 Å². The van der Waals surface area contributed by atoms with Crippen LogP contribution in [0.25, 0.3) is 0 Å². The number of piperazine rings is 1. The second kappa shape index (κ2) is 10.4. The summed E-state index contributed by atoms with van der Waals surface area (Å²) in [5.41, 5.74) is 5.43. The molecule has 3 aliphatic rings. The molecule has 3 aromatic rings. The van der Waals surface area contributed by atoms with E-state index in [1.54, 1.807) is 12.1 Å². The van der Waals surface area contributed by atoms with Gasteiger partial charge in [-0.15, -0.1) is 0 Å². The Bertz CT molecular complexity index is 1440. The molecule has 2 atom stereocenters. The molecule has 1 saturated heterocycles. The van der Waals surface area contributed by atoms with Crippen LogP contribution in [0.15, 0.2) is 60.8 Å². The summed E-state index contributed by atoms with van der Waals surface area (Å²) >= 11 is 0. The Morgan fingerprint density at radius 3 is 2.70 bits per heavy atom. The van der Waals surface area contributed by atoms with E-state index in [2.05, 4.69) is 36.0 Å². The van der Waals surface area contributed by atoms with Crippen LogP contribution < -0.4 is 10.2 Å². The number of carbonyl (C=O) groups is 2. The van der Waals surface area contributed by atoms with Crippen LogP contribution in [0.5, 0.6) is 0 Å². The lowest BCUT2D eigenvalue weighted by Gasteiger charge is -2.41. The average Bonchev–Trinajstić information content (AvgIpc) is 3.39. The predicted molar refractivity (Wildman–Crippen MR) is 153 cm³/mol. The van der Waals surface area contributed by atoms with Crippen LogP contribution in [0.4, 0.5) is 10.1 Å². The van der Waals surface area contributed by atoms with E-state index in [4.69, 9.17) is 0 Å². The molecule has 4 heterocycles. The first kappa shape index (κ1) is 26.6. The lowest BCUT2D eigenvalue weighted by molar-refractivity contribution is -0.120. The number of anilines is 1. The number of halogens is 1. The molecule has 2 amide bonds.